The number of nitrogens with zero attached hydrogens (tertiary/aromatic N) is 1. The molecule has 248 valence electrons. The Morgan fingerprint density at radius 1 is 1.09 bits per heavy atom. The SMILES string of the molecule is O=C(CCC/C=C\C[C@@H]1[C@@H](/C=C/[C@@H](O)COc2cccc(C(F)(F)F)c2)[C@H](O)C[C@@H]1O)NCC(=O)OCCCCON(O)O. The number of unbranched alkanes of at least 4 members (excludes halogenated alkanes) is 2. The van der Waals surface area contributed by atoms with Gasteiger partial charge >= 0.3 is 12.1 Å². The van der Waals surface area contributed by atoms with Crippen molar-refractivity contribution in [3.8, 4) is 5.75 Å². The number of aliphatic hydroxyl groups excluding tert-OH is 3. The number of allylic oxidation sites excluding steroid dienone is 2. The van der Waals surface area contributed by atoms with Crippen LogP contribution in [-0.4, -0.2) is 87.7 Å². The lowest BCUT2D eigenvalue weighted by Gasteiger charge is -2.19. The molecule has 0 aliphatic heterocycles. The van der Waals surface area contributed by atoms with E-state index < -0.39 is 47.3 Å². The Balaban J connectivity index is 1.66. The van der Waals surface area contributed by atoms with E-state index in [4.69, 9.17) is 19.9 Å². The number of ether oxygens (including phenoxy) is 2. The second-order valence-electron chi connectivity index (χ2n) is 10.3. The molecule has 5 atom stereocenters. The van der Waals surface area contributed by atoms with Gasteiger partial charge in [-0.05, 0) is 56.2 Å². The molecule has 2 rings (SSSR count). The highest BCUT2D eigenvalue weighted by atomic mass is 19.4. The number of benzene rings is 1. The molecule has 1 aromatic rings. The minimum Gasteiger partial charge on any atom is -0.491 e. The van der Waals surface area contributed by atoms with Gasteiger partial charge in [-0.2, -0.15) is 13.2 Å². The van der Waals surface area contributed by atoms with Crippen LogP contribution in [0.15, 0.2) is 48.6 Å². The summed E-state index contributed by atoms with van der Waals surface area (Å²) in [6, 6.07) is 4.32. The summed E-state index contributed by atoms with van der Waals surface area (Å²) in [5.41, 5.74) is -0.863. The van der Waals surface area contributed by atoms with Crippen molar-refractivity contribution < 1.29 is 62.8 Å². The molecule has 1 saturated carbocycles. The van der Waals surface area contributed by atoms with Crippen LogP contribution < -0.4 is 10.1 Å². The summed E-state index contributed by atoms with van der Waals surface area (Å²) in [5, 5.41) is 49.9. The molecular formula is C29H41F3N2O10. The van der Waals surface area contributed by atoms with E-state index in [9.17, 15) is 38.1 Å². The highest BCUT2D eigenvalue weighted by Crippen LogP contribution is 2.36. The predicted octanol–water partition coefficient (Wildman–Crippen LogP) is 2.93. The van der Waals surface area contributed by atoms with Crippen LogP contribution in [0.4, 0.5) is 13.2 Å². The summed E-state index contributed by atoms with van der Waals surface area (Å²) in [5.74, 6) is -1.73. The average Bonchev–Trinajstić information content (AvgIpc) is 3.24. The summed E-state index contributed by atoms with van der Waals surface area (Å²) in [7, 11) is 0. The van der Waals surface area contributed by atoms with E-state index >= 15 is 0 Å². The second-order valence-corrected chi connectivity index (χ2v) is 10.3. The van der Waals surface area contributed by atoms with E-state index in [1.807, 2.05) is 12.2 Å². The first-order chi connectivity index (χ1) is 20.9. The molecule has 1 fully saturated rings. The zero-order chi connectivity index (χ0) is 32.5. The first kappa shape index (κ1) is 37.1. The number of halogens is 3. The Labute approximate surface area is 253 Å². The van der Waals surface area contributed by atoms with Crippen LogP contribution in [0, 0.1) is 11.8 Å². The molecule has 1 aliphatic rings. The Kier molecular flexibility index (Phi) is 16.3. The van der Waals surface area contributed by atoms with E-state index in [2.05, 4.69) is 10.2 Å². The molecule has 0 spiro atoms. The van der Waals surface area contributed by atoms with Crippen LogP contribution in [0.25, 0.3) is 0 Å². The van der Waals surface area contributed by atoms with Crippen LogP contribution in [0.2, 0.25) is 0 Å². The molecule has 0 radical (unpaired) electrons. The molecule has 0 aromatic heterocycles. The van der Waals surface area contributed by atoms with Gasteiger partial charge < -0.3 is 30.1 Å². The number of nitrogens with one attached hydrogen (secondary N) is 1. The normalized spacial score (nSPS) is 21.3. The number of amides is 1. The van der Waals surface area contributed by atoms with E-state index in [1.165, 1.54) is 18.2 Å². The summed E-state index contributed by atoms with van der Waals surface area (Å²) < 4.78 is 48.8. The van der Waals surface area contributed by atoms with Gasteiger partial charge in [0.05, 0.1) is 36.4 Å². The van der Waals surface area contributed by atoms with Gasteiger partial charge in [0, 0.05) is 18.8 Å². The Hall–Kier alpha value is -3.05. The third-order valence-electron chi connectivity index (χ3n) is 6.84. The maximum Gasteiger partial charge on any atom is 0.416 e. The van der Waals surface area contributed by atoms with Crippen LogP contribution in [0.5, 0.6) is 5.75 Å². The lowest BCUT2D eigenvalue weighted by atomic mass is 9.89. The Morgan fingerprint density at radius 2 is 1.84 bits per heavy atom. The lowest BCUT2D eigenvalue weighted by Crippen LogP contribution is -2.30. The zero-order valence-electron chi connectivity index (χ0n) is 24.1. The van der Waals surface area contributed by atoms with Crippen molar-refractivity contribution in [3.05, 3.63) is 54.1 Å². The number of carbonyl (C=O) groups excluding carboxylic acids is 2. The van der Waals surface area contributed by atoms with Crippen molar-refractivity contribution in [2.75, 3.05) is 26.4 Å². The Morgan fingerprint density at radius 3 is 2.57 bits per heavy atom. The molecule has 0 bridgehead atoms. The maximum absolute atomic E-state index is 12.9. The van der Waals surface area contributed by atoms with Gasteiger partial charge in [-0.15, -0.1) is 0 Å². The quantitative estimate of drug-likeness (QED) is 0.0571. The van der Waals surface area contributed by atoms with Gasteiger partial charge in [-0.3, -0.25) is 24.8 Å². The van der Waals surface area contributed by atoms with E-state index in [1.54, 1.807) is 6.08 Å². The van der Waals surface area contributed by atoms with E-state index in [0.29, 0.717) is 32.1 Å². The fourth-order valence-electron chi connectivity index (χ4n) is 4.56. The highest BCUT2D eigenvalue weighted by molar-refractivity contribution is 5.81. The third-order valence-corrected chi connectivity index (χ3v) is 6.84. The molecule has 0 saturated heterocycles. The van der Waals surface area contributed by atoms with Crippen molar-refractivity contribution in [1.82, 2.24) is 10.7 Å². The number of aliphatic hydroxyl groups is 3. The summed E-state index contributed by atoms with van der Waals surface area (Å²) >= 11 is 0. The summed E-state index contributed by atoms with van der Waals surface area (Å²) in [4.78, 5) is 28.0. The Bertz CT molecular complexity index is 1070. The molecule has 15 heteroatoms. The van der Waals surface area contributed by atoms with E-state index in [0.717, 1.165) is 12.1 Å². The smallest absolute Gasteiger partial charge is 0.416 e. The lowest BCUT2D eigenvalue weighted by molar-refractivity contribution is -0.492. The number of hydrogen-bond acceptors (Lipinski definition) is 11. The van der Waals surface area contributed by atoms with Crippen molar-refractivity contribution in [3.63, 3.8) is 0 Å². The number of esters is 1. The van der Waals surface area contributed by atoms with Crippen molar-refractivity contribution in [2.45, 2.75) is 69.4 Å². The second kappa shape index (κ2) is 19.4. The maximum atomic E-state index is 12.9. The molecule has 1 aromatic carbocycles. The third kappa shape index (κ3) is 14.6. The number of alkyl halides is 3. The molecular weight excluding hydrogens is 593 g/mol. The first-order valence-electron chi connectivity index (χ1n) is 14.3. The molecule has 12 nitrogen and oxygen atoms in total. The predicted molar refractivity (Wildman–Crippen MR) is 148 cm³/mol. The van der Waals surface area contributed by atoms with Crippen LogP contribution >= 0.6 is 0 Å². The van der Waals surface area contributed by atoms with Gasteiger partial charge in [-0.25, -0.2) is 0 Å². The average molecular weight is 635 g/mol. The van der Waals surface area contributed by atoms with Gasteiger partial charge in [0.25, 0.3) is 0 Å². The van der Waals surface area contributed by atoms with Gasteiger partial charge in [-0.1, -0.05) is 30.4 Å². The van der Waals surface area contributed by atoms with Gasteiger partial charge in [0.15, 0.2) is 0 Å². The minimum atomic E-state index is -4.51. The fraction of sp³-hybridized carbons (Fsp3) is 0.586. The topological polar surface area (TPSA) is 178 Å². The molecule has 0 heterocycles. The van der Waals surface area contributed by atoms with Crippen LogP contribution in [0.1, 0.15) is 50.5 Å². The van der Waals surface area contributed by atoms with Crippen LogP contribution in [0.3, 0.4) is 0 Å². The first-order valence-corrected chi connectivity index (χ1v) is 14.3. The van der Waals surface area contributed by atoms with Crippen molar-refractivity contribution >= 4 is 11.9 Å². The highest BCUT2D eigenvalue weighted by Gasteiger charge is 2.39. The molecule has 1 amide bonds. The monoisotopic (exact) mass is 634 g/mol. The number of rotatable bonds is 19. The van der Waals surface area contributed by atoms with Gasteiger partial charge in [0.1, 0.15) is 25.0 Å². The number of hydrogen-bond donors (Lipinski definition) is 6. The van der Waals surface area contributed by atoms with Crippen molar-refractivity contribution in [1.29, 1.82) is 0 Å². The summed E-state index contributed by atoms with van der Waals surface area (Å²) in [6.07, 6.45) is 2.15. The van der Waals surface area contributed by atoms with Crippen LogP contribution in [-0.2, 0) is 25.3 Å². The minimum absolute atomic E-state index is 0.0358. The summed E-state index contributed by atoms with van der Waals surface area (Å²) in [6.45, 7) is -0.430. The van der Waals surface area contributed by atoms with E-state index in [-0.39, 0.29) is 56.8 Å². The van der Waals surface area contributed by atoms with Crippen molar-refractivity contribution in [2.24, 2.45) is 11.8 Å². The molecule has 0 unspecified atom stereocenters. The molecule has 44 heavy (non-hydrogen) atoms. The molecule has 1 aliphatic carbocycles. The molecule has 6 N–H and O–H groups in total. The fourth-order valence-corrected chi connectivity index (χ4v) is 4.56. The van der Waals surface area contributed by atoms with Gasteiger partial charge in [0.2, 0.25) is 5.91 Å². The zero-order valence-corrected chi connectivity index (χ0v) is 24.1. The standard InChI is InChI=1S/C29H41F3N2O10/c30-29(31,32)20-8-7-9-22(16-20)43-19-21(35)12-13-24-23(25(36)17-26(24)37)10-3-1-2-4-11-27(38)33-18-28(39)42-14-5-6-15-44-34(40)41/h1,3,7-9,12-13,16,21,23-26,35-37,40-41H,2,4-6,10-11,14-15,17-19H2,(H,33,38)/b3-1-,13-12+/t21-,23-,24-,25+,26-/m1/s1. The number of carbonyl (C=O) groups is 2. The largest absolute Gasteiger partial charge is 0.491 e.